The Hall–Kier alpha value is -0.900. The minimum absolute atomic E-state index is 0.0245. The van der Waals surface area contributed by atoms with Gasteiger partial charge in [0, 0.05) is 25.5 Å². The summed E-state index contributed by atoms with van der Waals surface area (Å²) in [5, 5.41) is 2.75. The zero-order chi connectivity index (χ0) is 14.4. The maximum Gasteiger partial charge on any atom is 0.216 e. The first-order valence-corrected chi connectivity index (χ1v) is 6.46. The van der Waals surface area contributed by atoms with Gasteiger partial charge >= 0.3 is 0 Å². The maximum atomic E-state index is 11.4. The van der Waals surface area contributed by atoms with Gasteiger partial charge in [-0.15, -0.1) is 0 Å². The number of carbonyl (C=O) groups excluding carboxylic acids is 2. The van der Waals surface area contributed by atoms with Crippen LogP contribution in [0.4, 0.5) is 0 Å². The summed E-state index contributed by atoms with van der Waals surface area (Å²) in [6, 6.07) is 0. The van der Waals surface area contributed by atoms with Crippen molar-refractivity contribution >= 4 is 11.7 Å². The number of ketones is 1. The van der Waals surface area contributed by atoms with Crippen LogP contribution in [0, 0.1) is 5.41 Å². The lowest BCUT2D eigenvalue weighted by Crippen LogP contribution is -2.33. The standard InChI is InChI=1S/C14H27NO3/c1-11(16)13(3,4)8-10-18-14(5,6)7-9-15-12(2)17/h7-10H2,1-6H3,(H,15,17). The van der Waals surface area contributed by atoms with Crippen molar-refractivity contribution in [2.45, 2.75) is 60.0 Å². The molecule has 0 atom stereocenters. The zero-order valence-corrected chi connectivity index (χ0v) is 12.6. The van der Waals surface area contributed by atoms with Gasteiger partial charge in [0.05, 0.1) is 5.60 Å². The Labute approximate surface area is 110 Å². The average molecular weight is 257 g/mol. The third kappa shape index (κ3) is 7.43. The predicted molar refractivity (Wildman–Crippen MR) is 72.4 cm³/mol. The summed E-state index contributed by atoms with van der Waals surface area (Å²) in [7, 11) is 0. The summed E-state index contributed by atoms with van der Waals surface area (Å²) < 4.78 is 5.79. The third-order valence-corrected chi connectivity index (χ3v) is 3.27. The van der Waals surface area contributed by atoms with Gasteiger partial charge in [-0.1, -0.05) is 13.8 Å². The SMILES string of the molecule is CC(=O)NCCC(C)(C)OCCC(C)(C)C(C)=O. The lowest BCUT2D eigenvalue weighted by Gasteiger charge is -2.28. The van der Waals surface area contributed by atoms with Crippen LogP contribution < -0.4 is 5.32 Å². The van der Waals surface area contributed by atoms with Crippen LogP contribution in [-0.2, 0) is 14.3 Å². The number of carbonyl (C=O) groups is 2. The van der Waals surface area contributed by atoms with Crippen molar-refractivity contribution in [1.29, 1.82) is 0 Å². The Bertz CT molecular complexity index is 295. The summed E-state index contributed by atoms with van der Waals surface area (Å²) in [4.78, 5) is 22.1. The highest BCUT2D eigenvalue weighted by Crippen LogP contribution is 2.23. The van der Waals surface area contributed by atoms with Gasteiger partial charge in [-0.25, -0.2) is 0 Å². The molecule has 0 aliphatic heterocycles. The highest BCUT2D eigenvalue weighted by molar-refractivity contribution is 5.81. The molecule has 0 radical (unpaired) electrons. The Balaban J connectivity index is 3.96. The summed E-state index contributed by atoms with van der Waals surface area (Å²) in [5.74, 6) is 0.158. The lowest BCUT2D eigenvalue weighted by molar-refractivity contribution is -0.127. The topological polar surface area (TPSA) is 55.4 Å². The van der Waals surface area contributed by atoms with Crippen molar-refractivity contribution < 1.29 is 14.3 Å². The monoisotopic (exact) mass is 257 g/mol. The highest BCUT2D eigenvalue weighted by Gasteiger charge is 2.25. The van der Waals surface area contributed by atoms with Gasteiger partial charge in [-0.05, 0) is 33.6 Å². The Morgan fingerprint density at radius 3 is 2.06 bits per heavy atom. The number of Topliss-reactive ketones (excluding diaryl/α,β-unsaturated/α-hetero) is 1. The van der Waals surface area contributed by atoms with Crippen LogP contribution in [0.1, 0.15) is 54.4 Å². The van der Waals surface area contributed by atoms with Crippen molar-refractivity contribution in [2.24, 2.45) is 5.41 Å². The Morgan fingerprint density at radius 2 is 1.61 bits per heavy atom. The molecule has 0 bridgehead atoms. The van der Waals surface area contributed by atoms with E-state index in [2.05, 4.69) is 5.32 Å². The van der Waals surface area contributed by atoms with E-state index in [1.165, 1.54) is 6.92 Å². The smallest absolute Gasteiger partial charge is 0.216 e. The van der Waals surface area contributed by atoms with E-state index in [0.717, 1.165) is 6.42 Å². The molecule has 0 aromatic rings. The molecule has 0 aliphatic carbocycles. The molecule has 0 saturated carbocycles. The molecule has 0 aromatic heterocycles. The van der Waals surface area contributed by atoms with Gasteiger partial charge in [0.2, 0.25) is 5.91 Å². The zero-order valence-electron chi connectivity index (χ0n) is 12.6. The number of ether oxygens (including phenoxy) is 1. The fourth-order valence-electron chi connectivity index (χ4n) is 1.37. The Morgan fingerprint density at radius 1 is 1.06 bits per heavy atom. The molecule has 0 unspecified atom stereocenters. The molecule has 0 aromatic carbocycles. The fraction of sp³-hybridized carbons (Fsp3) is 0.857. The number of amides is 1. The van der Waals surface area contributed by atoms with E-state index < -0.39 is 0 Å². The second-order valence-electron chi connectivity index (χ2n) is 6.03. The van der Waals surface area contributed by atoms with Gasteiger partial charge in [0.1, 0.15) is 5.78 Å². The van der Waals surface area contributed by atoms with Crippen LogP contribution >= 0.6 is 0 Å². The normalized spacial score (nSPS) is 12.3. The molecule has 1 amide bonds. The first-order chi connectivity index (χ1) is 8.07. The number of nitrogens with one attached hydrogen (secondary N) is 1. The minimum Gasteiger partial charge on any atom is -0.375 e. The summed E-state index contributed by atoms with van der Waals surface area (Å²) in [6.45, 7) is 12.1. The molecular weight excluding hydrogens is 230 g/mol. The highest BCUT2D eigenvalue weighted by atomic mass is 16.5. The lowest BCUT2D eigenvalue weighted by atomic mass is 9.86. The predicted octanol–water partition coefficient (Wildman–Crippen LogP) is 2.31. The van der Waals surface area contributed by atoms with Crippen LogP contribution in [0.2, 0.25) is 0 Å². The van der Waals surface area contributed by atoms with Crippen LogP contribution in [0.5, 0.6) is 0 Å². The molecular formula is C14H27NO3. The number of rotatable bonds is 8. The second-order valence-corrected chi connectivity index (χ2v) is 6.03. The molecule has 18 heavy (non-hydrogen) atoms. The molecule has 0 rings (SSSR count). The van der Waals surface area contributed by atoms with Crippen molar-refractivity contribution in [3.05, 3.63) is 0 Å². The van der Waals surface area contributed by atoms with Crippen LogP contribution in [0.25, 0.3) is 0 Å². The number of hydrogen-bond donors (Lipinski definition) is 1. The molecule has 0 aliphatic rings. The van der Waals surface area contributed by atoms with Crippen molar-refractivity contribution in [3.63, 3.8) is 0 Å². The third-order valence-electron chi connectivity index (χ3n) is 3.27. The summed E-state index contributed by atoms with van der Waals surface area (Å²) in [6.07, 6.45) is 1.47. The van der Waals surface area contributed by atoms with E-state index in [-0.39, 0.29) is 22.7 Å². The molecule has 0 heterocycles. The van der Waals surface area contributed by atoms with Crippen molar-refractivity contribution in [1.82, 2.24) is 5.32 Å². The minimum atomic E-state index is -0.326. The fourth-order valence-corrected chi connectivity index (χ4v) is 1.37. The number of hydrogen-bond acceptors (Lipinski definition) is 3. The van der Waals surface area contributed by atoms with Crippen LogP contribution in [-0.4, -0.2) is 30.4 Å². The molecule has 4 nitrogen and oxygen atoms in total. The Kier molecular flexibility index (Phi) is 6.54. The quantitative estimate of drug-likeness (QED) is 0.726. The first kappa shape index (κ1) is 17.1. The van der Waals surface area contributed by atoms with E-state index >= 15 is 0 Å². The van der Waals surface area contributed by atoms with Crippen molar-refractivity contribution in [3.8, 4) is 0 Å². The van der Waals surface area contributed by atoms with E-state index in [9.17, 15) is 9.59 Å². The van der Waals surface area contributed by atoms with Gasteiger partial charge in [-0.2, -0.15) is 0 Å². The molecule has 4 heteroatoms. The summed E-state index contributed by atoms with van der Waals surface area (Å²) in [5.41, 5.74) is -0.608. The average Bonchev–Trinajstić information content (AvgIpc) is 2.15. The molecule has 1 N–H and O–H groups in total. The molecule has 0 spiro atoms. The molecule has 0 fully saturated rings. The van der Waals surface area contributed by atoms with E-state index in [4.69, 9.17) is 4.74 Å². The molecule has 0 saturated heterocycles. The van der Waals surface area contributed by atoms with Gasteiger partial charge < -0.3 is 10.1 Å². The largest absolute Gasteiger partial charge is 0.375 e. The summed E-state index contributed by atoms with van der Waals surface area (Å²) >= 11 is 0. The molecule has 106 valence electrons. The second kappa shape index (κ2) is 6.88. The van der Waals surface area contributed by atoms with E-state index in [1.807, 2.05) is 27.7 Å². The van der Waals surface area contributed by atoms with Crippen LogP contribution in [0.3, 0.4) is 0 Å². The van der Waals surface area contributed by atoms with Crippen LogP contribution in [0.15, 0.2) is 0 Å². The maximum absolute atomic E-state index is 11.4. The van der Waals surface area contributed by atoms with Gasteiger partial charge in [-0.3, -0.25) is 9.59 Å². The van der Waals surface area contributed by atoms with Gasteiger partial charge in [0.25, 0.3) is 0 Å². The van der Waals surface area contributed by atoms with Gasteiger partial charge in [0.15, 0.2) is 0 Å². The first-order valence-electron chi connectivity index (χ1n) is 6.46. The van der Waals surface area contributed by atoms with Crippen molar-refractivity contribution in [2.75, 3.05) is 13.2 Å². The van der Waals surface area contributed by atoms with E-state index in [0.29, 0.717) is 19.6 Å². The van der Waals surface area contributed by atoms with E-state index in [1.54, 1.807) is 6.92 Å².